The molecule has 4 heterocycles. The van der Waals surface area contributed by atoms with Gasteiger partial charge in [-0.15, -0.1) is 5.10 Å². The molecule has 0 amide bonds. The Morgan fingerprint density at radius 3 is 2.70 bits per heavy atom. The average molecular weight is 499 g/mol. The zero-order valence-corrected chi connectivity index (χ0v) is 19.5. The summed E-state index contributed by atoms with van der Waals surface area (Å²) in [5.41, 5.74) is 8.60. The predicted octanol–water partition coefficient (Wildman–Crippen LogP) is 3.96. The highest BCUT2D eigenvalue weighted by atomic mass is 19.1. The van der Waals surface area contributed by atoms with Gasteiger partial charge in [0.1, 0.15) is 52.9 Å². The standard InChI is InChI=1S/C25H19F2N9O/c1-13(18-11-35(34-33-18)19-6-3-15(26)8-17(19)27)36-20(9-28)22(23-24(29)31-12-32-25(23)36)14-2-7-21(30-10-14)37-16-4-5-16/h2-3,6-8,10-13,16H,4-5H2,1H3,(H2,29,31,32). The van der Waals surface area contributed by atoms with E-state index in [0.717, 1.165) is 25.0 Å². The fourth-order valence-corrected chi connectivity index (χ4v) is 4.26. The third-order valence-electron chi connectivity index (χ3n) is 6.24. The van der Waals surface area contributed by atoms with Gasteiger partial charge in [-0.05, 0) is 38.0 Å². The molecule has 5 aromatic rings. The zero-order chi connectivity index (χ0) is 25.7. The second-order valence-corrected chi connectivity index (χ2v) is 8.72. The van der Waals surface area contributed by atoms with Crippen LogP contribution < -0.4 is 10.5 Å². The second kappa shape index (κ2) is 8.63. The number of anilines is 1. The normalized spacial score (nSPS) is 14.0. The summed E-state index contributed by atoms with van der Waals surface area (Å²) in [5.74, 6) is -0.759. The Morgan fingerprint density at radius 2 is 2.00 bits per heavy atom. The monoisotopic (exact) mass is 499 g/mol. The van der Waals surface area contributed by atoms with Gasteiger partial charge in [0.25, 0.3) is 0 Å². The van der Waals surface area contributed by atoms with Crippen LogP contribution >= 0.6 is 0 Å². The number of nitrogen functional groups attached to an aromatic ring is 1. The molecule has 0 spiro atoms. The van der Waals surface area contributed by atoms with Crippen molar-refractivity contribution < 1.29 is 13.5 Å². The first kappa shape index (κ1) is 22.5. The van der Waals surface area contributed by atoms with Crippen molar-refractivity contribution >= 4 is 16.9 Å². The fourth-order valence-electron chi connectivity index (χ4n) is 4.26. The summed E-state index contributed by atoms with van der Waals surface area (Å²) in [6.07, 6.45) is 6.70. The molecule has 1 saturated carbocycles. The van der Waals surface area contributed by atoms with Crippen LogP contribution in [0.25, 0.3) is 27.8 Å². The number of hydrogen-bond acceptors (Lipinski definition) is 8. The molecule has 1 atom stereocenters. The molecule has 0 radical (unpaired) electrons. The van der Waals surface area contributed by atoms with Gasteiger partial charge in [0.15, 0.2) is 5.82 Å². The van der Waals surface area contributed by atoms with Crippen molar-refractivity contribution in [3.05, 3.63) is 72.1 Å². The number of fused-ring (bicyclic) bond motifs is 1. The van der Waals surface area contributed by atoms with Crippen molar-refractivity contribution in [2.45, 2.75) is 31.9 Å². The summed E-state index contributed by atoms with van der Waals surface area (Å²) >= 11 is 0. The minimum atomic E-state index is -0.780. The Bertz CT molecular complexity index is 1680. The molecular weight excluding hydrogens is 480 g/mol. The highest BCUT2D eigenvalue weighted by molar-refractivity contribution is 6.03. The molecule has 1 aliphatic rings. The largest absolute Gasteiger partial charge is 0.474 e. The number of halogens is 2. The molecule has 10 nitrogen and oxygen atoms in total. The third-order valence-corrected chi connectivity index (χ3v) is 6.24. The van der Waals surface area contributed by atoms with E-state index in [2.05, 4.69) is 31.3 Å². The third kappa shape index (κ3) is 3.90. The smallest absolute Gasteiger partial charge is 0.213 e. The lowest BCUT2D eigenvalue weighted by Gasteiger charge is -2.13. The maximum Gasteiger partial charge on any atom is 0.213 e. The number of ether oxygens (including phenoxy) is 1. The average Bonchev–Trinajstić information content (AvgIpc) is 3.44. The topological polar surface area (TPSA) is 133 Å². The molecule has 37 heavy (non-hydrogen) atoms. The van der Waals surface area contributed by atoms with Crippen molar-refractivity contribution in [2.75, 3.05) is 5.73 Å². The Balaban J connectivity index is 1.46. The number of hydrogen-bond donors (Lipinski definition) is 1. The van der Waals surface area contributed by atoms with E-state index in [0.29, 0.717) is 33.7 Å². The molecule has 1 aliphatic carbocycles. The van der Waals surface area contributed by atoms with Crippen LogP contribution in [0.15, 0.2) is 49.1 Å². The lowest BCUT2D eigenvalue weighted by atomic mass is 10.1. The number of pyridine rings is 1. The minimum absolute atomic E-state index is 0.0389. The lowest BCUT2D eigenvalue weighted by molar-refractivity contribution is 0.291. The van der Waals surface area contributed by atoms with Gasteiger partial charge < -0.3 is 15.0 Å². The van der Waals surface area contributed by atoms with E-state index in [1.807, 2.05) is 13.0 Å². The molecule has 0 saturated heterocycles. The van der Waals surface area contributed by atoms with Crippen molar-refractivity contribution in [1.29, 1.82) is 5.26 Å². The van der Waals surface area contributed by atoms with Gasteiger partial charge in [-0.3, -0.25) is 0 Å². The van der Waals surface area contributed by atoms with Crippen LogP contribution in [-0.4, -0.2) is 40.6 Å². The van der Waals surface area contributed by atoms with Crippen molar-refractivity contribution in [3.63, 3.8) is 0 Å². The molecular formula is C25H19F2N9O. The molecule has 1 aromatic carbocycles. The number of aromatic nitrogens is 7. The summed E-state index contributed by atoms with van der Waals surface area (Å²) in [4.78, 5) is 13.0. The van der Waals surface area contributed by atoms with Gasteiger partial charge in [-0.2, -0.15) is 5.26 Å². The van der Waals surface area contributed by atoms with Crippen LogP contribution in [0.3, 0.4) is 0 Å². The summed E-state index contributed by atoms with van der Waals surface area (Å²) in [6, 6.07) is 8.46. The van der Waals surface area contributed by atoms with Crippen LogP contribution in [0.1, 0.15) is 37.2 Å². The molecule has 1 unspecified atom stereocenters. The highest BCUT2D eigenvalue weighted by Crippen LogP contribution is 2.39. The van der Waals surface area contributed by atoms with Crippen LogP contribution in [-0.2, 0) is 0 Å². The maximum atomic E-state index is 14.3. The van der Waals surface area contributed by atoms with Crippen LogP contribution in [0.2, 0.25) is 0 Å². The molecule has 1 fully saturated rings. The van der Waals surface area contributed by atoms with Gasteiger partial charge in [-0.25, -0.2) is 28.4 Å². The Hall–Kier alpha value is -4.92. The van der Waals surface area contributed by atoms with Gasteiger partial charge in [-0.1, -0.05) is 5.21 Å². The molecule has 184 valence electrons. The maximum absolute atomic E-state index is 14.3. The molecule has 6 rings (SSSR count). The van der Waals surface area contributed by atoms with Gasteiger partial charge in [0.2, 0.25) is 5.88 Å². The Kier molecular flexibility index (Phi) is 5.26. The summed E-state index contributed by atoms with van der Waals surface area (Å²) in [6.45, 7) is 1.81. The quantitative estimate of drug-likeness (QED) is 0.371. The first-order valence-corrected chi connectivity index (χ1v) is 11.5. The Labute approximate surface area is 209 Å². The van der Waals surface area contributed by atoms with Crippen molar-refractivity contribution in [2.24, 2.45) is 0 Å². The first-order chi connectivity index (χ1) is 17.9. The predicted molar refractivity (Wildman–Crippen MR) is 129 cm³/mol. The molecule has 2 N–H and O–H groups in total. The van der Waals surface area contributed by atoms with E-state index in [9.17, 15) is 14.0 Å². The Morgan fingerprint density at radius 1 is 1.16 bits per heavy atom. The van der Waals surface area contributed by atoms with Gasteiger partial charge >= 0.3 is 0 Å². The van der Waals surface area contributed by atoms with Gasteiger partial charge in [0, 0.05) is 29.5 Å². The molecule has 0 bridgehead atoms. The summed E-state index contributed by atoms with van der Waals surface area (Å²) in [7, 11) is 0. The zero-order valence-electron chi connectivity index (χ0n) is 19.5. The molecule has 12 heteroatoms. The number of rotatable bonds is 6. The van der Waals surface area contributed by atoms with Crippen molar-refractivity contribution in [1.82, 2.24) is 34.5 Å². The number of nitrogens with two attached hydrogens (primary N) is 1. The number of nitriles is 1. The molecule has 4 aromatic heterocycles. The SMILES string of the molecule is CC(c1cn(-c2ccc(F)cc2F)nn1)n1c(C#N)c(-c2ccc(OC3CC3)nc2)c2c(N)ncnc21. The molecule has 0 aliphatic heterocycles. The van der Waals surface area contributed by atoms with E-state index in [-0.39, 0.29) is 23.3 Å². The number of nitrogens with zero attached hydrogens (tertiary/aromatic N) is 8. The summed E-state index contributed by atoms with van der Waals surface area (Å²) in [5, 5.41) is 18.9. The van der Waals surface area contributed by atoms with E-state index < -0.39 is 17.7 Å². The second-order valence-electron chi connectivity index (χ2n) is 8.72. The lowest BCUT2D eigenvalue weighted by Crippen LogP contribution is -2.10. The minimum Gasteiger partial charge on any atom is -0.474 e. The van der Waals surface area contributed by atoms with E-state index >= 15 is 0 Å². The first-order valence-electron chi connectivity index (χ1n) is 11.5. The van der Waals surface area contributed by atoms with E-state index in [1.54, 1.807) is 16.8 Å². The fraction of sp³-hybridized carbons (Fsp3) is 0.200. The summed E-state index contributed by atoms with van der Waals surface area (Å²) < 4.78 is 36.3. The van der Waals surface area contributed by atoms with Crippen LogP contribution in [0.4, 0.5) is 14.6 Å². The van der Waals surface area contributed by atoms with Gasteiger partial charge in [0.05, 0.1) is 17.6 Å². The van der Waals surface area contributed by atoms with E-state index in [1.165, 1.54) is 23.3 Å². The van der Waals surface area contributed by atoms with E-state index in [4.69, 9.17) is 10.5 Å². The van der Waals surface area contributed by atoms with Crippen LogP contribution in [0.5, 0.6) is 5.88 Å². The highest BCUT2D eigenvalue weighted by Gasteiger charge is 2.28. The van der Waals surface area contributed by atoms with Crippen LogP contribution in [0, 0.1) is 23.0 Å². The van der Waals surface area contributed by atoms with Crippen molar-refractivity contribution in [3.8, 4) is 28.8 Å². The number of benzene rings is 1.